The van der Waals surface area contributed by atoms with Gasteiger partial charge in [-0.3, -0.25) is 0 Å². The predicted molar refractivity (Wildman–Crippen MR) is 54.5 cm³/mol. The molecule has 0 saturated carbocycles. The van der Waals surface area contributed by atoms with Gasteiger partial charge in [-0.05, 0) is 31.2 Å². The summed E-state index contributed by atoms with van der Waals surface area (Å²) in [6.45, 7) is 2.48. The maximum atomic E-state index is 9.94. The Morgan fingerprint density at radius 1 is 1.43 bits per heavy atom. The summed E-state index contributed by atoms with van der Waals surface area (Å²) in [6.07, 6.45) is 5.31. The fourth-order valence-corrected chi connectivity index (χ4v) is 0.910. The first-order valence-electron chi connectivity index (χ1n) is 4.28. The Morgan fingerprint density at radius 3 is 2.71 bits per heavy atom. The highest BCUT2D eigenvalue weighted by molar-refractivity contribution is 5.49. The molecule has 0 unspecified atom stereocenters. The molecule has 1 aromatic rings. The van der Waals surface area contributed by atoms with Crippen molar-refractivity contribution in [3.8, 4) is 5.75 Å². The van der Waals surface area contributed by atoms with Crippen LogP contribution in [-0.2, 0) is 4.79 Å². The molecule has 3 heteroatoms. The Hall–Kier alpha value is -1.86. The predicted octanol–water partition coefficient (Wildman–Crippen LogP) is 2.61. The first kappa shape index (κ1) is 10.2. The van der Waals surface area contributed by atoms with Crippen LogP contribution in [0.5, 0.6) is 5.75 Å². The van der Waals surface area contributed by atoms with Gasteiger partial charge in [0.25, 0.3) is 0 Å². The topological polar surface area (TPSA) is 38.7 Å². The van der Waals surface area contributed by atoms with Crippen molar-refractivity contribution in [3.05, 3.63) is 36.4 Å². The Bertz CT molecular complexity index is 348. The molecule has 0 heterocycles. The van der Waals surface area contributed by atoms with Crippen molar-refractivity contribution in [2.24, 2.45) is 4.99 Å². The molecular weight excluding hydrogens is 178 g/mol. The van der Waals surface area contributed by atoms with Crippen LogP contribution in [0, 0.1) is 0 Å². The molecule has 72 valence electrons. The van der Waals surface area contributed by atoms with Crippen LogP contribution in [0.15, 0.2) is 41.4 Å². The number of allylic oxidation sites excluding steroid dienone is 1. The van der Waals surface area contributed by atoms with E-state index in [1.54, 1.807) is 24.3 Å². The van der Waals surface area contributed by atoms with Gasteiger partial charge in [-0.15, -0.1) is 0 Å². The van der Waals surface area contributed by atoms with Gasteiger partial charge >= 0.3 is 0 Å². The highest BCUT2D eigenvalue weighted by Gasteiger charge is 1.92. The molecule has 0 saturated heterocycles. The maximum Gasteiger partial charge on any atom is 0.240 e. The standard InChI is InChI=1S/C11H11NO2/c1-2-3-8-14-11-6-4-10(5-7-11)12-9-13/h2-7H,8H2,1H3. The first-order chi connectivity index (χ1) is 6.86. The quantitative estimate of drug-likeness (QED) is 0.415. The van der Waals surface area contributed by atoms with E-state index in [0.717, 1.165) is 5.75 Å². The third-order valence-electron chi connectivity index (χ3n) is 1.59. The van der Waals surface area contributed by atoms with E-state index >= 15 is 0 Å². The Morgan fingerprint density at radius 2 is 2.14 bits per heavy atom. The van der Waals surface area contributed by atoms with Crippen LogP contribution >= 0.6 is 0 Å². The first-order valence-corrected chi connectivity index (χ1v) is 4.28. The van der Waals surface area contributed by atoms with E-state index in [-0.39, 0.29) is 0 Å². The van der Waals surface area contributed by atoms with Crippen LogP contribution in [0.1, 0.15) is 6.92 Å². The number of benzene rings is 1. The van der Waals surface area contributed by atoms with Gasteiger partial charge in [-0.25, -0.2) is 4.79 Å². The minimum absolute atomic E-state index is 0.548. The van der Waals surface area contributed by atoms with Crippen molar-refractivity contribution in [3.63, 3.8) is 0 Å². The molecule has 0 bridgehead atoms. The minimum atomic E-state index is 0.548. The summed E-state index contributed by atoms with van der Waals surface area (Å²) >= 11 is 0. The van der Waals surface area contributed by atoms with E-state index in [1.807, 2.05) is 19.1 Å². The van der Waals surface area contributed by atoms with Crippen molar-refractivity contribution >= 4 is 11.8 Å². The molecule has 14 heavy (non-hydrogen) atoms. The van der Waals surface area contributed by atoms with Crippen molar-refractivity contribution in [2.45, 2.75) is 6.92 Å². The molecule has 0 aromatic heterocycles. The molecule has 0 atom stereocenters. The molecule has 1 aromatic carbocycles. The molecule has 0 spiro atoms. The van der Waals surface area contributed by atoms with E-state index in [2.05, 4.69) is 4.99 Å². The normalized spacial score (nSPS) is 9.79. The second-order valence-corrected chi connectivity index (χ2v) is 2.58. The van der Waals surface area contributed by atoms with E-state index in [9.17, 15) is 4.79 Å². The Labute approximate surface area is 82.7 Å². The minimum Gasteiger partial charge on any atom is -0.490 e. The van der Waals surface area contributed by atoms with Gasteiger partial charge in [-0.1, -0.05) is 12.2 Å². The van der Waals surface area contributed by atoms with Gasteiger partial charge in [0.05, 0.1) is 5.69 Å². The summed E-state index contributed by atoms with van der Waals surface area (Å²) in [6, 6.07) is 6.94. The third kappa shape index (κ3) is 3.25. The number of rotatable bonds is 4. The number of hydrogen-bond donors (Lipinski definition) is 0. The highest BCUT2D eigenvalue weighted by Crippen LogP contribution is 2.17. The summed E-state index contributed by atoms with van der Waals surface area (Å²) < 4.78 is 5.35. The summed E-state index contributed by atoms with van der Waals surface area (Å²) in [5.41, 5.74) is 0.582. The molecular formula is C11H11NO2. The molecule has 0 aliphatic carbocycles. The van der Waals surface area contributed by atoms with Crippen LogP contribution in [-0.4, -0.2) is 12.7 Å². The maximum absolute atomic E-state index is 9.94. The summed E-state index contributed by atoms with van der Waals surface area (Å²) in [4.78, 5) is 13.4. The zero-order valence-corrected chi connectivity index (χ0v) is 7.93. The second kappa shape index (κ2) is 5.73. The number of hydrogen-bond acceptors (Lipinski definition) is 3. The van der Waals surface area contributed by atoms with Crippen LogP contribution in [0.25, 0.3) is 0 Å². The van der Waals surface area contributed by atoms with Gasteiger partial charge in [-0.2, -0.15) is 4.99 Å². The average Bonchev–Trinajstić information content (AvgIpc) is 2.21. The summed E-state index contributed by atoms with van der Waals surface area (Å²) in [5.74, 6) is 0.757. The number of carbonyl (C=O) groups excluding carboxylic acids is 1. The van der Waals surface area contributed by atoms with Gasteiger partial charge < -0.3 is 4.74 Å². The Kier molecular flexibility index (Phi) is 4.18. The van der Waals surface area contributed by atoms with Crippen molar-refractivity contribution in [2.75, 3.05) is 6.61 Å². The fourth-order valence-electron chi connectivity index (χ4n) is 0.910. The number of isocyanates is 1. The summed E-state index contributed by atoms with van der Waals surface area (Å²) in [7, 11) is 0. The molecule has 0 aliphatic heterocycles. The molecule has 3 nitrogen and oxygen atoms in total. The lowest BCUT2D eigenvalue weighted by molar-refractivity contribution is 0.363. The molecule has 0 N–H and O–H groups in total. The SMILES string of the molecule is CC=CCOc1ccc(N=C=O)cc1. The van der Waals surface area contributed by atoms with E-state index < -0.39 is 0 Å². The monoisotopic (exact) mass is 189 g/mol. The molecule has 0 radical (unpaired) electrons. The van der Waals surface area contributed by atoms with Gasteiger partial charge in [0.15, 0.2) is 0 Å². The van der Waals surface area contributed by atoms with Crippen molar-refractivity contribution in [1.82, 2.24) is 0 Å². The Balaban J connectivity index is 2.59. The zero-order chi connectivity index (χ0) is 10.2. The zero-order valence-electron chi connectivity index (χ0n) is 7.93. The second-order valence-electron chi connectivity index (χ2n) is 2.58. The molecule has 0 amide bonds. The van der Waals surface area contributed by atoms with Crippen LogP contribution in [0.2, 0.25) is 0 Å². The van der Waals surface area contributed by atoms with E-state index in [4.69, 9.17) is 4.74 Å². The molecule has 0 fully saturated rings. The summed E-state index contributed by atoms with van der Waals surface area (Å²) in [5, 5.41) is 0. The fraction of sp³-hybridized carbons (Fsp3) is 0.182. The van der Waals surface area contributed by atoms with Gasteiger partial charge in [0.2, 0.25) is 6.08 Å². The smallest absolute Gasteiger partial charge is 0.240 e. The average molecular weight is 189 g/mol. The highest BCUT2D eigenvalue weighted by atomic mass is 16.5. The van der Waals surface area contributed by atoms with E-state index in [0.29, 0.717) is 12.3 Å². The van der Waals surface area contributed by atoms with Gasteiger partial charge in [0, 0.05) is 0 Å². The number of nitrogens with zero attached hydrogens (tertiary/aromatic N) is 1. The largest absolute Gasteiger partial charge is 0.490 e. The molecule has 0 aliphatic rings. The van der Waals surface area contributed by atoms with Crippen molar-refractivity contribution < 1.29 is 9.53 Å². The number of aliphatic imine (C=N–C) groups is 1. The lowest BCUT2D eigenvalue weighted by Gasteiger charge is -2.01. The molecule has 1 rings (SSSR count). The van der Waals surface area contributed by atoms with Gasteiger partial charge in [0.1, 0.15) is 12.4 Å². The van der Waals surface area contributed by atoms with Crippen LogP contribution < -0.4 is 4.74 Å². The van der Waals surface area contributed by atoms with Crippen molar-refractivity contribution in [1.29, 1.82) is 0 Å². The third-order valence-corrected chi connectivity index (χ3v) is 1.59. The lowest BCUT2D eigenvalue weighted by atomic mass is 10.3. The number of ether oxygens (including phenoxy) is 1. The van der Waals surface area contributed by atoms with E-state index in [1.165, 1.54) is 6.08 Å². The lowest BCUT2D eigenvalue weighted by Crippen LogP contribution is -1.91. The van der Waals surface area contributed by atoms with Crippen LogP contribution in [0.4, 0.5) is 5.69 Å². The van der Waals surface area contributed by atoms with Crippen LogP contribution in [0.3, 0.4) is 0 Å².